The summed E-state index contributed by atoms with van der Waals surface area (Å²) in [5, 5.41) is 18.2. The number of hydrogen-bond donors (Lipinski definition) is 6. The van der Waals surface area contributed by atoms with Gasteiger partial charge in [0.15, 0.2) is 0 Å². The van der Waals surface area contributed by atoms with Crippen LogP contribution < -0.4 is 31.9 Å². The third kappa shape index (κ3) is 9.62. The number of piperazine rings is 2. The minimum Gasteiger partial charge on any atom is -0.444 e. The summed E-state index contributed by atoms with van der Waals surface area (Å²) in [6.07, 6.45) is 2.07. The minimum atomic E-state index is -0.408. The van der Waals surface area contributed by atoms with Gasteiger partial charge in [-0.1, -0.05) is 7.43 Å². The fraction of sp³-hybridized carbons (Fsp3) is 0.875. The highest BCUT2D eigenvalue weighted by Gasteiger charge is 2.32. The number of urea groups is 2. The smallest absolute Gasteiger partial charge is 0.407 e. The van der Waals surface area contributed by atoms with E-state index in [-0.39, 0.29) is 25.6 Å². The van der Waals surface area contributed by atoms with Gasteiger partial charge in [-0.15, -0.1) is 0 Å². The molecule has 5 heterocycles. The van der Waals surface area contributed by atoms with Crippen LogP contribution in [-0.2, 0) is 4.74 Å². The quantitative estimate of drug-likeness (QED) is 0.309. The number of fused-ring (bicyclic) bond motifs is 2. The van der Waals surface area contributed by atoms with Gasteiger partial charge in [-0.05, 0) is 52.6 Å². The Hall–Kier alpha value is -2.31. The second-order valence-corrected chi connectivity index (χ2v) is 10.6. The van der Waals surface area contributed by atoms with Crippen LogP contribution in [0.25, 0.3) is 0 Å². The number of nitrogens with one attached hydrogen (secondary N) is 6. The van der Waals surface area contributed by atoms with Crippen molar-refractivity contribution in [2.24, 2.45) is 5.92 Å². The lowest BCUT2D eigenvalue weighted by Gasteiger charge is -2.28. The Bertz CT molecular complexity index is 675. The molecule has 5 saturated heterocycles. The lowest BCUT2D eigenvalue weighted by atomic mass is 10.00. The maximum Gasteiger partial charge on any atom is 0.407 e. The summed E-state index contributed by atoms with van der Waals surface area (Å²) in [5.74, 6) is 0.547. The van der Waals surface area contributed by atoms with Crippen molar-refractivity contribution in [2.45, 2.75) is 58.7 Å². The van der Waals surface area contributed by atoms with Crippen molar-refractivity contribution in [2.75, 3.05) is 72.0 Å². The van der Waals surface area contributed by atoms with Crippen LogP contribution in [0.4, 0.5) is 14.4 Å². The van der Waals surface area contributed by atoms with Crippen LogP contribution in [0.3, 0.4) is 0 Å². The molecule has 5 amide bonds. The molecule has 0 saturated carbocycles. The van der Waals surface area contributed by atoms with Gasteiger partial charge in [-0.3, -0.25) is 0 Å². The van der Waals surface area contributed by atoms with E-state index in [1.165, 1.54) is 12.8 Å². The van der Waals surface area contributed by atoms with E-state index < -0.39 is 5.60 Å². The second-order valence-electron chi connectivity index (χ2n) is 10.6. The van der Waals surface area contributed by atoms with Crippen LogP contribution in [0, 0.1) is 5.92 Å². The molecule has 0 aromatic heterocycles. The lowest BCUT2D eigenvalue weighted by Crippen LogP contribution is -2.49. The van der Waals surface area contributed by atoms with Crippen LogP contribution >= 0.6 is 0 Å². The second kappa shape index (κ2) is 14.4. The largest absolute Gasteiger partial charge is 0.444 e. The van der Waals surface area contributed by atoms with Crippen molar-refractivity contribution >= 4 is 18.2 Å². The van der Waals surface area contributed by atoms with Crippen LogP contribution in [-0.4, -0.2) is 118 Å². The molecule has 6 N–H and O–H groups in total. The maximum absolute atomic E-state index is 11.3. The summed E-state index contributed by atoms with van der Waals surface area (Å²) in [6, 6.07) is 1.01. The minimum absolute atomic E-state index is 0. The number of alkyl carbamates (subject to hydrolysis) is 1. The highest BCUT2D eigenvalue weighted by Crippen LogP contribution is 2.10. The standard InChI is InChI=1S/C11H22N2O2.2C6H11N3O.CH4/c1-11(2,3)15-10(14)13-8-9-5-4-6-12-7-9;2*10-6-8-4-5-3-7-1-2-9(5)6;/h9,12H,4-8H2,1-3H3,(H,13,14);2*5,7H,1-4H2,(H,8,10);1H4/t;2*5-;/m.10./s1. The van der Waals surface area contributed by atoms with Gasteiger partial charge in [0.1, 0.15) is 5.60 Å². The molecule has 0 aromatic carbocycles. The van der Waals surface area contributed by atoms with E-state index in [1.54, 1.807) is 0 Å². The molecule has 0 aliphatic carbocycles. The average Bonchev–Trinajstić information content (AvgIpc) is 3.41. The van der Waals surface area contributed by atoms with E-state index in [1.807, 2.05) is 30.6 Å². The number of carbonyl (C=O) groups excluding carboxylic acids is 3. The first-order valence-electron chi connectivity index (χ1n) is 12.9. The van der Waals surface area contributed by atoms with Crippen molar-refractivity contribution in [1.82, 2.24) is 41.7 Å². The zero-order valence-corrected chi connectivity index (χ0v) is 21.5. The van der Waals surface area contributed by atoms with Gasteiger partial charge >= 0.3 is 18.2 Å². The van der Waals surface area contributed by atoms with Crippen LogP contribution in [0.5, 0.6) is 0 Å². The van der Waals surface area contributed by atoms with E-state index in [2.05, 4.69) is 31.9 Å². The first kappa shape index (κ1) is 29.9. The number of ether oxygens (including phenoxy) is 1. The predicted octanol–water partition coefficient (Wildman–Crippen LogP) is 0.114. The molecule has 0 aromatic rings. The molecule has 0 spiro atoms. The molecule has 36 heavy (non-hydrogen) atoms. The Morgan fingerprint density at radius 2 is 1.42 bits per heavy atom. The zero-order valence-electron chi connectivity index (χ0n) is 21.5. The van der Waals surface area contributed by atoms with Gasteiger partial charge in [-0.2, -0.15) is 0 Å². The fourth-order valence-electron chi connectivity index (χ4n) is 4.67. The first-order chi connectivity index (χ1) is 16.7. The lowest BCUT2D eigenvalue weighted by molar-refractivity contribution is 0.0516. The van der Waals surface area contributed by atoms with E-state index in [9.17, 15) is 14.4 Å². The van der Waals surface area contributed by atoms with E-state index in [0.29, 0.717) is 24.5 Å². The van der Waals surface area contributed by atoms with Gasteiger partial charge in [0.25, 0.3) is 0 Å². The number of nitrogens with zero attached hydrogens (tertiary/aromatic N) is 2. The molecule has 0 bridgehead atoms. The van der Waals surface area contributed by atoms with E-state index in [4.69, 9.17) is 4.74 Å². The first-order valence-corrected chi connectivity index (χ1v) is 12.9. The Labute approximate surface area is 216 Å². The van der Waals surface area contributed by atoms with Crippen molar-refractivity contribution in [1.29, 1.82) is 0 Å². The Balaban J connectivity index is 0.000000192. The summed E-state index contributed by atoms with van der Waals surface area (Å²) < 4.78 is 5.16. The average molecular weight is 513 g/mol. The number of amides is 5. The van der Waals surface area contributed by atoms with Crippen molar-refractivity contribution in [3.8, 4) is 0 Å². The van der Waals surface area contributed by atoms with Gasteiger partial charge in [0.2, 0.25) is 0 Å². The molecule has 208 valence electrons. The van der Waals surface area contributed by atoms with Crippen LogP contribution in [0.1, 0.15) is 41.0 Å². The molecule has 5 aliphatic heterocycles. The molecule has 5 aliphatic rings. The Morgan fingerprint density at radius 3 is 1.86 bits per heavy atom. The van der Waals surface area contributed by atoms with Gasteiger partial charge in [-0.25, -0.2) is 14.4 Å². The number of rotatable bonds is 2. The van der Waals surface area contributed by atoms with Gasteiger partial charge in [0.05, 0.1) is 12.1 Å². The van der Waals surface area contributed by atoms with E-state index in [0.717, 1.165) is 65.4 Å². The predicted molar refractivity (Wildman–Crippen MR) is 140 cm³/mol. The number of piperidine rings is 1. The zero-order chi connectivity index (χ0) is 25.3. The topological polar surface area (TPSA) is 139 Å². The van der Waals surface area contributed by atoms with E-state index >= 15 is 0 Å². The van der Waals surface area contributed by atoms with Crippen LogP contribution in [0.15, 0.2) is 0 Å². The highest BCUT2D eigenvalue weighted by atomic mass is 16.6. The normalized spacial score (nSPS) is 26.9. The van der Waals surface area contributed by atoms with Crippen molar-refractivity contribution in [3.63, 3.8) is 0 Å². The number of carbonyl (C=O) groups is 3. The summed E-state index contributed by atoms with van der Waals surface area (Å²) in [6.45, 7) is 15.5. The fourth-order valence-corrected chi connectivity index (χ4v) is 4.67. The maximum atomic E-state index is 11.3. The SMILES string of the molecule is C.CC(C)(C)OC(=O)NCC1CCCNC1.O=C1NC[C@@H]2CNCCN12.O=C1NC[C@H]2CNCCN12. The van der Waals surface area contributed by atoms with Gasteiger partial charge in [0, 0.05) is 58.9 Å². The molecule has 5 rings (SSSR count). The molecular formula is C24H48N8O4. The number of hydrogen-bond acceptors (Lipinski definition) is 7. The molecule has 5 fully saturated rings. The summed E-state index contributed by atoms with van der Waals surface area (Å²) in [5.41, 5.74) is -0.408. The molecule has 12 heteroatoms. The Morgan fingerprint density at radius 1 is 0.889 bits per heavy atom. The summed E-state index contributed by atoms with van der Waals surface area (Å²) in [4.78, 5) is 37.1. The van der Waals surface area contributed by atoms with Crippen LogP contribution in [0.2, 0.25) is 0 Å². The van der Waals surface area contributed by atoms with Crippen molar-refractivity contribution < 1.29 is 19.1 Å². The summed E-state index contributed by atoms with van der Waals surface area (Å²) in [7, 11) is 0. The van der Waals surface area contributed by atoms with Gasteiger partial charge < -0.3 is 46.4 Å². The monoisotopic (exact) mass is 512 g/mol. The summed E-state index contributed by atoms with van der Waals surface area (Å²) >= 11 is 0. The molecular weight excluding hydrogens is 464 g/mol. The Kier molecular flexibility index (Phi) is 12.0. The third-order valence-corrected chi connectivity index (χ3v) is 6.53. The molecule has 1 unspecified atom stereocenters. The van der Waals surface area contributed by atoms with Crippen molar-refractivity contribution in [3.05, 3.63) is 0 Å². The molecule has 0 radical (unpaired) electrons. The molecule has 3 atom stereocenters. The highest BCUT2D eigenvalue weighted by molar-refractivity contribution is 5.77. The third-order valence-electron chi connectivity index (χ3n) is 6.53. The molecule has 12 nitrogen and oxygen atoms in total.